The van der Waals surface area contributed by atoms with Crippen molar-refractivity contribution in [3.63, 3.8) is 0 Å². The summed E-state index contributed by atoms with van der Waals surface area (Å²) in [4.78, 5) is 57.0. The minimum atomic E-state index is -2.07. The SMILES string of the molecule is CC(=O)OCC(F)[C@H]1OC(OC(C)=O)[C@@H](OC(C)=O)[C@@H](OC(C)=O)[C@@H]1OC(C)=O. The second-order valence-electron chi connectivity index (χ2n) is 6.12. The number of hydrogen-bond acceptors (Lipinski definition) is 11. The lowest BCUT2D eigenvalue weighted by Gasteiger charge is -2.44. The van der Waals surface area contributed by atoms with E-state index in [2.05, 4.69) is 4.74 Å². The second-order valence-corrected chi connectivity index (χ2v) is 6.12. The molecule has 1 heterocycles. The van der Waals surface area contributed by atoms with E-state index in [-0.39, 0.29) is 0 Å². The van der Waals surface area contributed by atoms with Gasteiger partial charge in [0.05, 0.1) is 0 Å². The largest absolute Gasteiger partial charge is 0.463 e. The third-order valence-electron chi connectivity index (χ3n) is 3.52. The highest BCUT2D eigenvalue weighted by Crippen LogP contribution is 2.32. The van der Waals surface area contributed by atoms with Gasteiger partial charge < -0.3 is 28.4 Å². The lowest BCUT2D eigenvalue weighted by molar-refractivity contribution is -0.305. The molecule has 1 aliphatic heterocycles. The zero-order valence-electron chi connectivity index (χ0n) is 16.5. The lowest BCUT2D eigenvalue weighted by Crippen LogP contribution is -2.64. The van der Waals surface area contributed by atoms with Crippen LogP contribution in [0.1, 0.15) is 34.6 Å². The molecule has 0 amide bonds. The Bertz CT molecular complexity index is 649. The van der Waals surface area contributed by atoms with Gasteiger partial charge in [0, 0.05) is 34.6 Å². The van der Waals surface area contributed by atoms with E-state index in [4.69, 9.17) is 23.7 Å². The number of esters is 5. The van der Waals surface area contributed by atoms with E-state index >= 15 is 0 Å². The maximum atomic E-state index is 14.8. The topological polar surface area (TPSA) is 141 Å². The molecule has 0 radical (unpaired) electrons. The van der Waals surface area contributed by atoms with E-state index in [1.165, 1.54) is 0 Å². The average molecular weight is 422 g/mol. The minimum Gasteiger partial charge on any atom is -0.463 e. The molecule has 164 valence electrons. The summed E-state index contributed by atoms with van der Waals surface area (Å²) in [5, 5.41) is 0. The van der Waals surface area contributed by atoms with Crippen molar-refractivity contribution in [3.8, 4) is 0 Å². The zero-order valence-corrected chi connectivity index (χ0v) is 16.5. The van der Waals surface area contributed by atoms with Crippen LogP contribution < -0.4 is 0 Å². The fraction of sp³-hybridized carbons (Fsp3) is 0.706. The molecule has 0 aromatic heterocycles. The minimum absolute atomic E-state index is 0.779. The summed E-state index contributed by atoms with van der Waals surface area (Å²) in [5.74, 6) is -4.26. The molecule has 11 nitrogen and oxygen atoms in total. The van der Waals surface area contributed by atoms with Gasteiger partial charge >= 0.3 is 29.8 Å². The van der Waals surface area contributed by atoms with Crippen LogP contribution in [0.15, 0.2) is 0 Å². The van der Waals surface area contributed by atoms with Crippen LogP contribution in [0.4, 0.5) is 4.39 Å². The highest BCUT2D eigenvalue weighted by atomic mass is 19.1. The molecule has 0 saturated carbocycles. The Kier molecular flexibility index (Phi) is 8.95. The number of halogens is 1. The van der Waals surface area contributed by atoms with Crippen molar-refractivity contribution in [1.29, 1.82) is 0 Å². The molecular formula is C17H23FO11. The number of rotatable bonds is 7. The molecule has 0 N–H and O–H groups in total. The van der Waals surface area contributed by atoms with Crippen molar-refractivity contribution in [2.75, 3.05) is 6.61 Å². The van der Waals surface area contributed by atoms with Gasteiger partial charge in [-0.2, -0.15) is 0 Å². The third kappa shape index (κ3) is 7.64. The standard InChI is InChI=1S/C17H23FO11/c1-7(19)24-6-12(18)13-14(25-8(2)20)15(26-9(3)21)16(27-10(4)22)17(29-13)28-11(5)23/h12-17H,6H2,1-5H3/t12?,13-,14-,15+,16+,17?/m1/s1. The monoisotopic (exact) mass is 422 g/mol. The number of hydrogen-bond donors (Lipinski definition) is 0. The predicted octanol–water partition coefficient (Wildman–Crippen LogP) is -0.0293. The van der Waals surface area contributed by atoms with Crippen molar-refractivity contribution in [1.82, 2.24) is 0 Å². The molecule has 0 spiro atoms. The van der Waals surface area contributed by atoms with Crippen LogP contribution in [0.5, 0.6) is 0 Å². The number of carbonyl (C=O) groups is 5. The van der Waals surface area contributed by atoms with E-state index in [0.29, 0.717) is 0 Å². The van der Waals surface area contributed by atoms with E-state index in [1.807, 2.05) is 0 Å². The normalized spacial score (nSPS) is 27.2. The van der Waals surface area contributed by atoms with E-state index in [9.17, 15) is 28.4 Å². The van der Waals surface area contributed by atoms with Crippen molar-refractivity contribution < 1.29 is 56.8 Å². The van der Waals surface area contributed by atoms with Gasteiger partial charge in [0.25, 0.3) is 0 Å². The van der Waals surface area contributed by atoms with Crippen LogP contribution in [0, 0.1) is 0 Å². The maximum Gasteiger partial charge on any atom is 0.305 e. The first-order chi connectivity index (χ1) is 13.4. The molecule has 0 bridgehead atoms. The fourth-order valence-corrected chi connectivity index (χ4v) is 2.65. The highest BCUT2D eigenvalue weighted by molar-refractivity contribution is 5.69. The van der Waals surface area contributed by atoms with Crippen molar-refractivity contribution in [2.45, 2.75) is 71.5 Å². The van der Waals surface area contributed by atoms with Gasteiger partial charge in [-0.25, -0.2) is 4.39 Å². The zero-order chi connectivity index (χ0) is 22.3. The third-order valence-corrected chi connectivity index (χ3v) is 3.52. The summed E-state index contributed by atoms with van der Waals surface area (Å²) in [6, 6.07) is 0. The number of alkyl halides is 1. The molecule has 1 fully saturated rings. The summed E-state index contributed by atoms with van der Waals surface area (Å²) in [5.41, 5.74) is 0. The number of ether oxygens (including phenoxy) is 6. The summed E-state index contributed by atoms with van der Waals surface area (Å²) < 4.78 is 44.9. The summed E-state index contributed by atoms with van der Waals surface area (Å²) in [6.45, 7) is 4.36. The summed E-state index contributed by atoms with van der Waals surface area (Å²) >= 11 is 0. The van der Waals surface area contributed by atoms with Gasteiger partial charge in [0.15, 0.2) is 18.4 Å². The first-order valence-electron chi connectivity index (χ1n) is 8.54. The molecule has 1 saturated heterocycles. The van der Waals surface area contributed by atoms with Gasteiger partial charge in [0.1, 0.15) is 12.7 Å². The smallest absolute Gasteiger partial charge is 0.305 e. The second kappa shape index (κ2) is 10.7. The Balaban J connectivity index is 3.35. The summed E-state index contributed by atoms with van der Waals surface area (Å²) in [6.07, 6.45) is -10.2. The van der Waals surface area contributed by atoms with Crippen LogP contribution in [0.2, 0.25) is 0 Å². The first-order valence-corrected chi connectivity index (χ1v) is 8.54. The summed E-state index contributed by atoms with van der Waals surface area (Å²) in [7, 11) is 0. The Morgan fingerprint density at radius 3 is 1.62 bits per heavy atom. The Hall–Kier alpha value is -2.76. The molecule has 12 heteroatoms. The Labute approximate surface area is 165 Å². The van der Waals surface area contributed by atoms with Gasteiger partial charge in [-0.15, -0.1) is 0 Å². The van der Waals surface area contributed by atoms with Gasteiger partial charge in [-0.05, 0) is 0 Å². The Morgan fingerprint density at radius 2 is 1.17 bits per heavy atom. The molecule has 0 aromatic carbocycles. The van der Waals surface area contributed by atoms with Crippen LogP contribution in [0.25, 0.3) is 0 Å². The van der Waals surface area contributed by atoms with Crippen LogP contribution in [0.3, 0.4) is 0 Å². The highest BCUT2D eigenvalue weighted by Gasteiger charge is 2.55. The Morgan fingerprint density at radius 1 is 0.724 bits per heavy atom. The fourth-order valence-electron chi connectivity index (χ4n) is 2.65. The lowest BCUT2D eigenvalue weighted by atomic mass is 9.95. The van der Waals surface area contributed by atoms with Crippen molar-refractivity contribution in [3.05, 3.63) is 0 Å². The van der Waals surface area contributed by atoms with E-state index in [1.54, 1.807) is 0 Å². The van der Waals surface area contributed by atoms with Crippen LogP contribution >= 0.6 is 0 Å². The molecule has 6 atom stereocenters. The predicted molar refractivity (Wildman–Crippen MR) is 88.6 cm³/mol. The molecule has 1 rings (SSSR count). The molecule has 0 aromatic rings. The van der Waals surface area contributed by atoms with Gasteiger partial charge in [0.2, 0.25) is 12.4 Å². The van der Waals surface area contributed by atoms with Gasteiger partial charge in [-0.1, -0.05) is 0 Å². The molecule has 29 heavy (non-hydrogen) atoms. The first kappa shape index (κ1) is 24.3. The van der Waals surface area contributed by atoms with E-state index in [0.717, 1.165) is 34.6 Å². The molecule has 1 aliphatic rings. The average Bonchev–Trinajstić information content (AvgIpc) is 2.55. The maximum absolute atomic E-state index is 14.8. The van der Waals surface area contributed by atoms with Crippen molar-refractivity contribution in [2.24, 2.45) is 0 Å². The van der Waals surface area contributed by atoms with Gasteiger partial charge in [-0.3, -0.25) is 24.0 Å². The van der Waals surface area contributed by atoms with Crippen LogP contribution in [-0.4, -0.2) is 73.3 Å². The van der Waals surface area contributed by atoms with Crippen LogP contribution in [-0.2, 0) is 52.4 Å². The van der Waals surface area contributed by atoms with E-state index < -0.39 is 73.3 Å². The number of carbonyl (C=O) groups excluding carboxylic acids is 5. The quantitative estimate of drug-likeness (QED) is 0.403. The molecule has 0 aliphatic carbocycles. The molecule has 2 unspecified atom stereocenters. The molecular weight excluding hydrogens is 399 g/mol. The van der Waals surface area contributed by atoms with Crippen molar-refractivity contribution >= 4 is 29.8 Å².